The molecule has 1 heterocycles. The van der Waals surface area contributed by atoms with Crippen LogP contribution in [0.2, 0.25) is 0 Å². The summed E-state index contributed by atoms with van der Waals surface area (Å²) in [5, 5.41) is 40.1. The predicted molar refractivity (Wildman–Crippen MR) is 242 cm³/mol. The summed E-state index contributed by atoms with van der Waals surface area (Å²) >= 11 is 0. The van der Waals surface area contributed by atoms with Gasteiger partial charge < -0.3 is 39.4 Å². The normalized spacial score (nSPS) is 20.5. The van der Waals surface area contributed by atoms with Crippen molar-refractivity contribution in [1.82, 2.24) is 0 Å². The number of esters is 2. The molecule has 6 atom stereocenters. The second kappa shape index (κ2) is 40.2. The van der Waals surface area contributed by atoms with Gasteiger partial charge in [-0.1, -0.05) is 183 Å². The first-order chi connectivity index (χ1) is 29.3. The van der Waals surface area contributed by atoms with Crippen molar-refractivity contribution in [2.75, 3.05) is 19.8 Å². The van der Waals surface area contributed by atoms with Crippen LogP contribution in [0.4, 0.5) is 0 Å². The molecule has 0 aromatic heterocycles. The third-order valence-electron chi connectivity index (χ3n) is 10.4. The lowest BCUT2D eigenvalue weighted by molar-refractivity contribution is -0.305. The fourth-order valence-corrected chi connectivity index (χ4v) is 6.68. The Hall–Kier alpha value is -2.86. The molecule has 10 heteroatoms. The predicted octanol–water partition coefficient (Wildman–Crippen LogP) is 10.4. The van der Waals surface area contributed by atoms with Crippen molar-refractivity contribution in [3.05, 3.63) is 72.9 Å². The van der Waals surface area contributed by atoms with E-state index in [-0.39, 0.29) is 26.1 Å². The van der Waals surface area contributed by atoms with Crippen molar-refractivity contribution >= 4 is 11.9 Å². The maximum atomic E-state index is 12.8. The zero-order chi connectivity index (χ0) is 43.7. The van der Waals surface area contributed by atoms with Crippen LogP contribution in [-0.2, 0) is 28.5 Å². The molecule has 0 saturated carbocycles. The van der Waals surface area contributed by atoms with E-state index in [1.54, 1.807) is 0 Å². The molecule has 1 fully saturated rings. The number of ether oxygens (including phenoxy) is 4. The monoisotopic (exact) mass is 845 g/mol. The number of carbonyl (C=O) groups excluding carboxylic acids is 2. The van der Waals surface area contributed by atoms with Gasteiger partial charge in [0.25, 0.3) is 0 Å². The summed E-state index contributed by atoms with van der Waals surface area (Å²) in [7, 11) is 0. The zero-order valence-corrected chi connectivity index (χ0v) is 37.4. The summed E-state index contributed by atoms with van der Waals surface area (Å²) < 4.78 is 22.1. The summed E-state index contributed by atoms with van der Waals surface area (Å²) in [4.78, 5) is 25.3. The molecule has 1 aliphatic rings. The highest BCUT2D eigenvalue weighted by Gasteiger charge is 2.44. The summed E-state index contributed by atoms with van der Waals surface area (Å²) in [6.07, 6.45) is 43.5. The Kier molecular flexibility index (Phi) is 37.0. The highest BCUT2D eigenvalue weighted by atomic mass is 16.7. The zero-order valence-electron chi connectivity index (χ0n) is 37.4. The molecule has 1 saturated heterocycles. The van der Waals surface area contributed by atoms with Gasteiger partial charge in [-0.05, 0) is 51.4 Å². The van der Waals surface area contributed by atoms with Crippen LogP contribution in [0.5, 0.6) is 0 Å². The van der Waals surface area contributed by atoms with Crippen molar-refractivity contribution in [3.63, 3.8) is 0 Å². The van der Waals surface area contributed by atoms with E-state index in [4.69, 9.17) is 18.9 Å². The second-order valence-electron chi connectivity index (χ2n) is 15.8. The minimum atomic E-state index is -1.61. The minimum absolute atomic E-state index is 0.103. The standard InChI is InChI=1S/C50H84O10/c1-3-5-7-9-11-13-15-17-19-21-22-23-25-27-29-31-33-35-37-39-46(53)59-43(42-58-50-49(56)48(55)47(54)44(40-51)60-50)41-57-45(52)38-36-34-32-30-28-26-24-20-18-16-14-12-10-8-6-4-2/h5,7,11,13,17,19,22-23,27,29,33,35,43-44,47-51,54-56H,3-4,6,8-10,12,14-16,18,20-21,24-26,28,30-32,34,36-42H2,1-2H3/b7-5-,13-11-,19-17-,23-22-,29-27-,35-33-. The Morgan fingerprint density at radius 3 is 1.45 bits per heavy atom. The summed E-state index contributed by atoms with van der Waals surface area (Å²) in [6.45, 7) is 3.24. The SMILES string of the molecule is CC/C=C\C/C=C\C/C=C\C/C=C\C/C=C\C/C=C\CCC(=O)OC(COC(=O)CCCCCCCCCCCCCCCCCC)COC1OC(CO)C(O)C(O)C1O. The molecule has 4 N–H and O–H groups in total. The highest BCUT2D eigenvalue weighted by molar-refractivity contribution is 5.70. The number of carbonyl (C=O) groups is 2. The number of aliphatic hydroxyl groups is 4. The van der Waals surface area contributed by atoms with E-state index in [0.29, 0.717) is 6.42 Å². The maximum absolute atomic E-state index is 12.8. The Bertz CT molecular complexity index is 1210. The van der Waals surface area contributed by atoms with E-state index in [1.165, 1.54) is 83.5 Å². The van der Waals surface area contributed by atoms with Gasteiger partial charge in [0, 0.05) is 12.8 Å². The molecular formula is C50H84O10. The molecule has 10 nitrogen and oxygen atoms in total. The van der Waals surface area contributed by atoms with E-state index >= 15 is 0 Å². The van der Waals surface area contributed by atoms with E-state index in [0.717, 1.165) is 57.8 Å². The number of aliphatic hydroxyl groups excluding tert-OH is 4. The van der Waals surface area contributed by atoms with Gasteiger partial charge >= 0.3 is 11.9 Å². The van der Waals surface area contributed by atoms with E-state index < -0.39 is 55.4 Å². The van der Waals surface area contributed by atoms with Crippen molar-refractivity contribution in [3.8, 4) is 0 Å². The fraction of sp³-hybridized carbons (Fsp3) is 0.720. The topological polar surface area (TPSA) is 152 Å². The van der Waals surface area contributed by atoms with Gasteiger partial charge in [0.1, 0.15) is 31.0 Å². The minimum Gasteiger partial charge on any atom is -0.462 e. The number of unbranched alkanes of at least 4 members (excludes halogenated alkanes) is 15. The highest BCUT2D eigenvalue weighted by Crippen LogP contribution is 2.22. The Morgan fingerprint density at radius 2 is 0.983 bits per heavy atom. The molecular weight excluding hydrogens is 761 g/mol. The van der Waals surface area contributed by atoms with Gasteiger partial charge in [0.05, 0.1) is 13.2 Å². The molecule has 344 valence electrons. The quantitative estimate of drug-likeness (QED) is 0.0268. The van der Waals surface area contributed by atoms with Gasteiger partial charge in [-0.3, -0.25) is 9.59 Å². The van der Waals surface area contributed by atoms with Crippen molar-refractivity contribution in [2.45, 2.75) is 211 Å². The number of hydrogen-bond acceptors (Lipinski definition) is 10. The van der Waals surface area contributed by atoms with Crippen LogP contribution in [0.15, 0.2) is 72.9 Å². The van der Waals surface area contributed by atoms with Gasteiger partial charge in [0.15, 0.2) is 12.4 Å². The Balaban J connectivity index is 2.37. The lowest BCUT2D eigenvalue weighted by Gasteiger charge is -2.39. The number of hydrogen-bond donors (Lipinski definition) is 4. The molecule has 0 aromatic rings. The van der Waals surface area contributed by atoms with Crippen LogP contribution < -0.4 is 0 Å². The van der Waals surface area contributed by atoms with Crippen LogP contribution in [0.1, 0.15) is 174 Å². The molecule has 1 rings (SSSR count). The summed E-state index contributed by atoms with van der Waals surface area (Å²) in [5.74, 6) is -0.905. The van der Waals surface area contributed by atoms with Crippen LogP contribution in [-0.4, -0.2) is 89.0 Å². The van der Waals surface area contributed by atoms with Crippen molar-refractivity contribution < 1.29 is 49.0 Å². The molecule has 0 radical (unpaired) electrons. The van der Waals surface area contributed by atoms with Crippen LogP contribution in [0.25, 0.3) is 0 Å². The van der Waals surface area contributed by atoms with Gasteiger partial charge in [-0.25, -0.2) is 0 Å². The lowest BCUT2D eigenvalue weighted by Crippen LogP contribution is -2.59. The summed E-state index contributed by atoms with van der Waals surface area (Å²) in [6, 6.07) is 0. The first kappa shape index (κ1) is 55.2. The van der Waals surface area contributed by atoms with Crippen molar-refractivity contribution in [1.29, 1.82) is 0 Å². The smallest absolute Gasteiger partial charge is 0.306 e. The molecule has 60 heavy (non-hydrogen) atoms. The van der Waals surface area contributed by atoms with Gasteiger partial charge in [0.2, 0.25) is 0 Å². The van der Waals surface area contributed by atoms with Crippen LogP contribution >= 0.6 is 0 Å². The molecule has 0 amide bonds. The molecule has 1 aliphatic heterocycles. The average molecular weight is 845 g/mol. The average Bonchev–Trinajstić information content (AvgIpc) is 3.25. The maximum Gasteiger partial charge on any atom is 0.306 e. The third kappa shape index (κ3) is 31.1. The Morgan fingerprint density at radius 1 is 0.533 bits per heavy atom. The number of allylic oxidation sites excluding steroid dienone is 12. The van der Waals surface area contributed by atoms with E-state index in [2.05, 4.69) is 74.6 Å². The van der Waals surface area contributed by atoms with E-state index in [1.807, 2.05) is 12.2 Å². The Labute approximate surface area is 363 Å². The largest absolute Gasteiger partial charge is 0.462 e. The van der Waals surface area contributed by atoms with Crippen LogP contribution in [0, 0.1) is 0 Å². The van der Waals surface area contributed by atoms with Crippen molar-refractivity contribution in [2.24, 2.45) is 0 Å². The fourth-order valence-electron chi connectivity index (χ4n) is 6.68. The molecule has 6 unspecified atom stereocenters. The molecule has 0 spiro atoms. The van der Waals surface area contributed by atoms with E-state index in [9.17, 15) is 30.0 Å². The lowest BCUT2D eigenvalue weighted by atomic mass is 9.99. The molecule has 0 aromatic carbocycles. The van der Waals surface area contributed by atoms with Gasteiger partial charge in [-0.15, -0.1) is 0 Å². The second-order valence-corrected chi connectivity index (χ2v) is 15.8. The molecule has 0 bridgehead atoms. The third-order valence-corrected chi connectivity index (χ3v) is 10.4. The first-order valence-electron chi connectivity index (χ1n) is 23.5. The summed E-state index contributed by atoms with van der Waals surface area (Å²) in [5.41, 5.74) is 0. The number of rotatable bonds is 38. The van der Waals surface area contributed by atoms with Crippen LogP contribution in [0.3, 0.4) is 0 Å². The van der Waals surface area contributed by atoms with Gasteiger partial charge in [-0.2, -0.15) is 0 Å². The first-order valence-corrected chi connectivity index (χ1v) is 23.5. The molecule has 0 aliphatic carbocycles.